The minimum Gasteiger partial charge on any atom is -0.352 e. The molecule has 1 aliphatic heterocycles. The second-order valence-corrected chi connectivity index (χ2v) is 6.30. The van der Waals surface area contributed by atoms with Crippen molar-refractivity contribution in [3.8, 4) is 0 Å². The zero-order chi connectivity index (χ0) is 15.9. The van der Waals surface area contributed by atoms with Gasteiger partial charge in [0.1, 0.15) is 6.17 Å². The van der Waals surface area contributed by atoms with Gasteiger partial charge in [0, 0.05) is 31.4 Å². The average Bonchev–Trinajstić information content (AvgIpc) is 2.96. The normalized spacial score (nSPS) is 14.7. The number of nitrogens with zero attached hydrogens (tertiary/aromatic N) is 2. The maximum Gasteiger partial charge on any atom is 0.101 e. The molecule has 23 heavy (non-hydrogen) atoms. The van der Waals surface area contributed by atoms with E-state index in [4.69, 9.17) is 11.6 Å². The summed E-state index contributed by atoms with van der Waals surface area (Å²) < 4.78 is 0. The molecule has 0 unspecified atom stereocenters. The number of hydrogen-bond donors (Lipinski definition) is 0. The molecule has 1 heterocycles. The highest BCUT2D eigenvalue weighted by Crippen LogP contribution is 2.24. The molecule has 0 amide bonds. The smallest absolute Gasteiger partial charge is 0.101 e. The Balaban J connectivity index is 1.69. The van der Waals surface area contributed by atoms with E-state index in [0.29, 0.717) is 6.17 Å². The van der Waals surface area contributed by atoms with Crippen molar-refractivity contribution >= 4 is 11.6 Å². The molecule has 0 saturated carbocycles. The Morgan fingerprint density at radius 3 is 1.65 bits per heavy atom. The Labute approximate surface area is 144 Å². The molecule has 0 radical (unpaired) electrons. The molecule has 2 nitrogen and oxygen atoms in total. The third-order valence-electron chi connectivity index (χ3n) is 4.23. The topological polar surface area (TPSA) is 6.48 Å². The summed E-state index contributed by atoms with van der Waals surface area (Å²) in [5.41, 5.74) is 2.68. The summed E-state index contributed by atoms with van der Waals surface area (Å²) in [6.45, 7) is 1.88. The highest BCUT2D eigenvalue weighted by atomic mass is 35.5. The quantitative estimate of drug-likeness (QED) is 0.673. The van der Waals surface area contributed by atoms with Gasteiger partial charge >= 0.3 is 0 Å². The van der Waals surface area contributed by atoms with Gasteiger partial charge in [-0.25, -0.2) is 0 Å². The molecule has 3 heteroatoms. The van der Waals surface area contributed by atoms with Gasteiger partial charge < -0.3 is 9.80 Å². The molecule has 0 spiro atoms. The van der Waals surface area contributed by atoms with Crippen LogP contribution in [-0.2, 0) is 13.1 Å². The lowest BCUT2D eigenvalue weighted by molar-refractivity contribution is 0.131. The monoisotopic (exact) mass is 326 g/mol. The van der Waals surface area contributed by atoms with Crippen LogP contribution in [0.25, 0.3) is 0 Å². The Morgan fingerprint density at radius 1 is 0.739 bits per heavy atom. The predicted molar refractivity (Wildman–Crippen MR) is 96.9 cm³/mol. The average molecular weight is 327 g/mol. The lowest BCUT2D eigenvalue weighted by Gasteiger charge is -2.33. The number of hydrogen-bond acceptors (Lipinski definition) is 2. The third kappa shape index (κ3) is 4.29. The lowest BCUT2D eigenvalue weighted by atomic mass is 10.1. The van der Waals surface area contributed by atoms with Crippen molar-refractivity contribution in [2.24, 2.45) is 0 Å². The molecule has 3 rings (SSSR count). The first-order valence-corrected chi connectivity index (χ1v) is 8.74. The minimum absolute atomic E-state index is 0.383. The van der Waals surface area contributed by atoms with Crippen molar-refractivity contribution in [2.45, 2.75) is 32.1 Å². The fraction of sp³-hybridized carbons (Fsp3) is 0.300. The van der Waals surface area contributed by atoms with Crippen LogP contribution in [0.5, 0.6) is 0 Å². The van der Waals surface area contributed by atoms with Crippen LogP contribution >= 0.6 is 11.6 Å². The molecule has 0 saturated heterocycles. The van der Waals surface area contributed by atoms with Crippen LogP contribution in [0, 0.1) is 0 Å². The maximum absolute atomic E-state index is 5.94. The Bertz CT molecular complexity index is 561. The number of benzene rings is 2. The molecule has 2 aromatic carbocycles. The summed E-state index contributed by atoms with van der Waals surface area (Å²) in [4.78, 5) is 4.84. The summed E-state index contributed by atoms with van der Waals surface area (Å²) >= 11 is 5.94. The van der Waals surface area contributed by atoms with Crippen LogP contribution in [0.2, 0.25) is 0 Å². The number of rotatable bonds is 7. The summed E-state index contributed by atoms with van der Waals surface area (Å²) in [5.74, 6) is 0.717. The van der Waals surface area contributed by atoms with E-state index in [1.165, 1.54) is 11.1 Å². The molecule has 2 aromatic rings. The fourth-order valence-corrected chi connectivity index (χ4v) is 3.21. The van der Waals surface area contributed by atoms with Crippen LogP contribution in [0.4, 0.5) is 0 Å². The van der Waals surface area contributed by atoms with Crippen LogP contribution < -0.4 is 0 Å². The van der Waals surface area contributed by atoms with E-state index in [1.807, 2.05) is 0 Å². The molecule has 0 N–H and O–H groups in total. The van der Waals surface area contributed by atoms with Crippen molar-refractivity contribution in [3.63, 3.8) is 0 Å². The van der Waals surface area contributed by atoms with Crippen LogP contribution in [0.1, 0.15) is 24.0 Å². The van der Waals surface area contributed by atoms with Gasteiger partial charge in [-0.05, 0) is 24.0 Å². The maximum atomic E-state index is 5.94. The fourth-order valence-electron chi connectivity index (χ4n) is 3.06. The number of halogens is 1. The van der Waals surface area contributed by atoms with E-state index < -0.39 is 0 Å². The Morgan fingerprint density at radius 2 is 1.22 bits per heavy atom. The van der Waals surface area contributed by atoms with Gasteiger partial charge in [0.2, 0.25) is 0 Å². The van der Waals surface area contributed by atoms with Crippen LogP contribution in [-0.4, -0.2) is 21.8 Å². The first-order valence-electron chi connectivity index (χ1n) is 8.20. The molecule has 120 valence electrons. The molecular weight excluding hydrogens is 304 g/mol. The number of alkyl halides is 1. The van der Waals surface area contributed by atoms with Crippen molar-refractivity contribution in [1.29, 1.82) is 0 Å². The highest BCUT2D eigenvalue weighted by Gasteiger charge is 2.25. The Kier molecular flexibility index (Phi) is 5.60. The van der Waals surface area contributed by atoms with E-state index in [9.17, 15) is 0 Å². The van der Waals surface area contributed by atoms with E-state index in [2.05, 4.69) is 82.9 Å². The van der Waals surface area contributed by atoms with Gasteiger partial charge in [-0.3, -0.25) is 0 Å². The second kappa shape index (κ2) is 8.07. The van der Waals surface area contributed by atoms with Crippen molar-refractivity contribution in [3.05, 3.63) is 84.2 Å². The first-order chi connectivity index (χ1) is 11.4. The van der Waals surface area contributed by atoms with Crippen molar-refractivity contribution in [2.75, 3.05) is 5.88 Å². The second-order valence-electron chi connectivity index (χ2n) is 5.93. The van der Waals surface area contributed by atoms with Gasteiger partial charge in [-0.15, -0.1) is 11.6 Å². The summed E-state index contributed by atoms with van der Waals surface area (Å²) in [5, 5.41) is 0. The first kappa shape index (κ1) is 15.9. The molecule has 0 atom stereocenters. The standard InChI is InChI=1S/C20H23ClN2/c21-13-7-12-20-22(16-18-8-3-1-4-9-18)14-15-23(20)17-19-10-5-2-6-11-19/h1-6,8-11,14-15,20H,7,12-13,16-17H2. The molecular formula is C20H23ClN2. The van der Waals surface area contributed by atoms with Gasteiger partial charge in [0.15, 0.2) is 0 Å². The van der Waals surface area contributed by atoms with E-state index in [0.717, 1.165) is 31.8 Å². The molecule has 0 aliphatic carbocycles. The van der Waals surface area contributed by atoms with E-state index >= 15 is 0 Å². The SMILES string of the molecule is ClCCCC1N(Cc2ccccc2)C=CN1Cc1ccccc1. The summed E-state index contributed by atoms with van der Waals surface area (Å²) in [6, 6.07) is 21.3. The van der Waals surface area contributed by atoms with Gasteiger partial charge in [0.25, 0.3) is 0 Å². The zero-order valence-electron chi connectivity index (χ0n) is 13.3. The van der Waals surface area contributed by atoms with Crippen LogP contribution in [0.15, 0.2) is 73.1 Å². The molecule has 1 aliphatic rings. The Hall–Kier alpha value is -1.93. The highest BCUT2D eigenvalue weighted by molar-refractivity contribution is 6.17. The van der Waals surface area contributed by atoms with E-state index in [1.54, 1.807) is 0 Å². The molecule has 0 fully saturated rings. The van der Waals surface area contributed by atoms with E-state index in [-0.39, 0.29) is 0 Å². The van der Waals surface area contributed by atoms with Crippen molar-refractivity contribution in [1.82, 2.24) is 9.80 Å². The van der Waals surface area contributed by atoms with Crippen molar-refractivity contribution < 1.29 is 0 Å². The lowest BCUT2D eigenvalue weighted by Crippen LogP contribution is -2.38. The summed E-state index contributed by atoms with van der Waals surface area (Å²) in [6.07, 6.45) is 6.93. The largest absolute Gasteiger partial charge is 0.352 e. The molecule has 0 bridgehead atoms. The van der Waals surface area contributed by atoms with Crippen LogP contribution in [0.3, 0.4) is 0 Å². The summed E-state index contributed by atoms with van der Waals surface area (Å²) in [7, 11) is 0. The van der Waals surface area contributed by atoms with Gasteiger partial charge in [-0.2, -0.15) is 0 Å². The third-order valence-corrected chi connectivity index (χ3v) is 4.49. The van der Waals surface area contributed by atoms with Gasteiger partial charge in [-0.1, -0.05) is 60.7 Å². The minimum atomic E-state index is 0.383. The van der Waals surface area contributed by atoms with Gasteiger partial charge in [0.05, 0.1) is 0 Å². The molecule has 0 aromatic heterocycles. The zero-order valence-corrected chi connectivity index (χ0v) is 14.1. The predicted octanol–water partition coefficient (Wildman–Crippen LogP) is 4.82.